The van der Waals surface area contributed by atoms with Crippen molar-refractivity contribution in [3.05, 3.63) is 89.4 Å². The summed E-state index contributed by atoms with van der Waals surface area (Å²) in [6.45, 7) is 1.85. The molecule has 0 radical (unpaired) electrons. The first kappa shape index (κ1) is 23.5. The maximum Gasteiger partial charge on any atom is 0.250 e. The van der Waals surface area contributed by atoms with Crippen molar-refractivity contribution in [3.63, 3.8) is 0 Å². The van der Waals surface area contributed by atoms with Gasteiger partial charge in [0.2, 0.25) is 0 Å². The summed E-state index contributed by atoms with van der Waals surface area (Å²) >= 11 is 7.36. The number of carbonyl (C=O) groups excluding carboxylic acids is 1. The molecule has 7 nitrogen and oxygen atoms in total. The monoisotopic (exact) mass is 491 g/mol. The van der Waals surface area contributed by atoms with Gasteiger partial charge in [0.15, 0.2) is 11.0 Å². The molecule has 172 valence electrons. The Balaban J connectivity index is 1.54. The van der Waals surface area contributed by atoms with Crippen molar-refractivity contribution >= 4 is 35.0 Å². The van der Waals surface area contributed by atoms with Gasteiger partial charge < -0.3 is 4.74 Å². The molecule has 0 saturated heterocycles. The number of rotatable bonds is 8. The standard InChI is InChI=1S/C25H22ClN5O2S/c1-17(18-6-4-3-5-7-18)27-28-23(32)16-34-25-30-29-24(19-8-14-22(33-2)15-9-19)31(25)21-12-10-20(26)11-13-21/h3-15H,16H2,1-2H3,(H,28,32). The van der Waals surface area contributed by atoms with Gasteiger partial charge in [0.05, 0.1) is 18.6 Å². The topological polar surface area (TPSA) is 81.4 Å². The lowest BCUT2D eigenvalue weighted by atomic mass is 10.1. The van der Waals surface area contributed by atoms with E-state index in [0.29, 0.717) is 16.0 Å². The van der Waals surface area contributed by atoms with Crippen LogP contribution in [0.3, 0.4) is 0 Å². The van der Waals surface area contributed by atoms with Gasteiger partial charge in [-0.25, -0.2) is 5.43 Å². The normalized spacial score (nSPS) is 11.3. The second-order valence-electron chi connectivity index (χ2n) is 7.23. The molecular formula is C25H22ClN5O2S. The van der Waals surface area contributed by atoms with Gasteiger partial charge in [0.25, 0.3) is 5.91 Å². The fraction of sp³-hybridized carbons (Fsp3) is 0.120. The fourth-order valence-electron chi connectivity index (χ4n) is 3.17. The number of hydrogen-bond acceptors (Lipinski definition) is 6. The highest BCUT2D eigenvalue weighted by atomic mass is 35.5. The van der Waals surface area contributed by atoms with Crippen LogP contribution in [0, 0.1) is 0 Å². The molecule has 1 N–H and O–H groups in total. The van der Waals surface area contributed by atoms with Gasteiger partial charge in [-0.15, -0.1) is 10.2 Å². The highest BCUT2D eigenvalue weighted by molar-refractivity contribution is 7.99. The number of hydrogen-bond donors (Lipinski definition) is 1. The molecule has 0 aliphatic rings. The summed E-state index contributed by atoms with van der Waals surface area (Å²) in [6.07, 6.45) is 0. The number of nitrogens with one attached hydrogen (secondary N) is 1. The van der Waals surface area contributed by atoms with Crippen LogP contribution in [0.5, 0.6) is 5.75 Å². The van der Waals surface area contributed by atoms with Gasteiger partial charge in [0, 0.05) is 16.3 Å². The van der Waals surface area contributed by atoms with Crippen molar-refractivity contribution in [2.75, 3.05) is 12.9 Å². The Labute approximate surface area is 206 Å². The molecule has 0 unspecified atom stereocenters. The van der Waals surface area contributed by atoms with Crippen LogP contribution in [-0.4, -0.2) is 39.2 Å². The lowest BCUT2D eigenvalue weighted by Crippen LogP contribution is -2.21. The summed E-state index contributed by atoms with van der Waals surface area (Å²) < 4.78 is 7.15. The van der Waals surface area contributed by atoms with Gasteiger partial charge in [0.1, 0.15) is 5.75 Å². The summed E-state index contributed by atoms with van der Waals surface area (Å²) in [5, 5.41) is 14.1. The van der Waals surface area contributed by atoms with Crippen LogP contribution >= 0.6 is 23.4 Å². The SMILES string of the molecule is COc1ccc(-c2nnc(SCC(=O)NN=C(C)c3ccccc3)n2-c2ccc(Cl)cc2)cc1. The molecule has 0 bridgehead atoms. The Kier molecular flexibility index (Phi) is 7.61. The number of ether oxygens (including phenoxy) is 1. The number of carbonyl (C=O) groups is 1. The van der Waals surface area contributed by atoms with Crippen molar-refractivity contribution in [1.82, 2.24) is 20.2 Å². The second-order valence-corrected chi connectivity index (χ2v) is 8.61. The van der Waals surface area contributed by atoms with E-state index in [0.717, 1.165) is 28.3 Å². The average Bonchev–Trinajstić information content (AvgIpc) is 3.31. The molecule has 0 fully saturated rings. The molecule has 9 heteroatoms. The van der Waals surface area contributed by atoms with Crippen LogP contribution in [0.2, 0.25) is 5.02 Å². The number of hydrazone groups is 1. The van der Waals surface area contributed by atoms with Crippen molar-refractivity contribution in [1.29, 1.82) is 0 Å². The van der Waals surface area contributed by atoms with Gasteiger partial charge in [-0.1, -0.05) is 53.7 Å². The van der Waals surface area contributed by atoms with Crippen molar-refractivity contribution in [2.24, 2.45) is 5.10 Å². The Morgan fingerprint density at radius 1 is 1.03 bits per heavy atom. The summed E-state index contributed by atoms with van der Waals surface area (Å²) in [5.74, 6) is 1.28. The molecule has 0 atom stereocenters. The van der Waals surface area contributed by atoms with Crippen LogP contribution in [0.15, 0.2) is 89.1 Å². The molecule has 1 aromatic heterocycles. The first-order valence-electron chi connectivity index (χ1n) is 10.4. The van der Waals surface area contributed by atoms with E-state index in [1.54, 1.807) is 19.2 Å². The first-order chi connectivity index (χ1) is 16.5. The van der Waals surface area contributed by atoms with Gasteiger partial charge in [-0.05, 0) is 61.0 Å². The zero-order chi connectivity index (χ0) is 23.9. The summed E-state index contributed by atoms with van der Waals surface area (Å²) in [6, 6.07) is 24.6. The molecule has 1 amide bonds. The Morgan fingerprint density at radius 3 is 2.41 bits per heavy atom. The Bertz CT molecular complexity index is 1290. The van der Waals surface area contributed by atoms with E-state index < -0.39 is 0 Å². The Morgan fingerprint density at radius 2 is 1.74 bits per heavy atom. The molecule has 4 aromatic rings. The average molecular weight is 492 g/mol. The highest BCUT2D eigenvalue weighted by Crippen LogP contribution is 2.29. The fourth-order valence-corrected chi connectivity index (χ4v) is 4.04. The number of methoxy groups -OCH3 is 1. The quantitative estimate of drug-likeness (QED) is 0.207. The van der Waals surface area contributed by atoms with Crippen LogP contribution in [0.1, 0.15) is 12.5 Å². The number of benzene rings is 3. The highest BCUT2D eigenvalue weighted by Gasteiger charge is 2.17. The van der Waals surface area contributed by atoms with Crippen LogP contribution < -0.4 is 10.2 Å². The lowest BCUT2D eigenvalue weighted by molar-refractivity contribution is -0.118. The molecule has 34 heavy (non-hydrogen) atoms. The molecule has 3 aromatic carbocycles. The molecule has 0 aliphatic heterocycles. The molecule has 1 heterocycles. The number of halogens is 1. The van der Waals surface area contributed by atoms with E-state index in [1.807, 2.05) is 78.2 Å². The van der Waals surface area contributed by atoms with Crippen molar-refractivity contribution in [3.8, 4) is 22.8 Å². The number of thioether (sulfide) groups is 1. The molecular weight excluding hydrogens is 470 g/mol. The third kappa shape index (κ3) is 5.65. The van der Waals surface area contributed by atoms with Crippen LogP contribution in [0.4, 0.5) is 0 Å². The van der Waals surface area contributed by atoms with Crippen LogP contribution in [0.25, 0.3) is 17.1 Å². The van der Waals surface area contributed by atoms with Crippen LogP contribution in [-0.2, 0) is 4.79 Å². The number of nitrogens with zero attached hydrogens (tertiary/aromatic N) is 4. The predicted octanol–water partition coefficient (Wildman–Crippen LogP) is 5.23. The maximum atomic E-state index is 12.5. The smallest absolute Gasteiger partial charge is 0.250 e. The predicted molar refractivity (Wildman–Crippen MR) is 136 cm³/mol. The summed E-state index contributed by atoms with van der Waals surface area (Å²) in [7, 11) is 1.62. The number of amides is 1. The van der Waals surface area contributed by atoms with Gasteiger partial charge in [-0.3, -0.25) is 9.36 Å². The second kappa shape index (κ2) is 11.0. The summed E-state index contributed by atoms with van der Waals surface area (Å²) in [5.41, 5.74) is 5.98. The zero-order valence-electron chi connectivity index (χ0n) is 18.6. The third-order valence-electron chi connectivity index (χ3n) is 4.94. The van der Waals surface area contributed by atoms with Gasteiger partial charge >= 0.3 is 0 Å². The van der Waals surface area contributed by atoms with Gasteiger partial charge in [-0.2, -0.15) is 5.10 Å². The minimum atomic E-state index is -0.239. The third-order valence-corrected chi connectivity index (χ3v) is 6.12. The van der Waals surface area contributed by atoms with E-state index in [4.69, 9.17) is 16.3 Å². The minimum Gasteiger partial charge on any atom is -0.497 e. The molecule has 0 saturated carbocycles. The van der Waals surface area contributed by atoms with E-state index >= 15 is 0 Å². The zero-order valence-corrected chi connectivity index (χ0v) is 20.2. The van der Waals surface area contributed by atoms with Crippen molar-refractivity contribution < 1.29 is 9.53 Å². The molecule has 0 aliphatic carbocycles. The van der Waals surface area contributed by atoms with E-state index in [-0.39, 0.29) is 11.7 Å². The maximum absolute atomic E-state index is 12.5. The van der Waals surface area contributed by atoms with Crippen molar-refractivity contribution in [2.45, 2.75) is 12.1 Å². The Hall–Kier alpha value is -3.62. The van der Waals surface area contributed by atoms with E-state index in [9.17, 15) is 4.79 Å². The summed E-state index contributed by atoms with van der Waals surface area (Å²) in [4.78, 5) is 12.5. The van der Waals surface area contributed by atoms with E-state index in [1.165, 1.54) is 11.8 Å². The van der Waals surface area contributed by atoms with E-state index in [2.05, 4.69) is 20.7 Å². The first-order valence-corrected chi connectivity index (χ1v) is 11.8. The molecule has 0 spiro atoms. The largest absolute Gasteiger partial charge is 0.497 e. The lowest BCUT2D eigenvalue weighted by Gasteiger charge is -2.11. The minimum absolute atomic E-state index is 0.125. The number of aromatic nitrogens is 3. The molecule has 4 rings (SSSR count).